The molecule has 1 N–H and O–H groups in total. The monoisotopic (exact) mass is 286 g/mol. The Bertz CT molecular complexity index is 587. The van der Waals surface area contributed by atoms with E-state index in [2.05, 4.69) is 4.98 Å². The summed E-state index contributed by atoms with van der Waals surface area (Å²) in [5, 5.41) is 9.08. The van der Waals surface area contributed by atoms with Gasteiger partial charge in [-0.2, -0.15) is 0 Å². The van der Waals surface area contributed by atoms with E-state index in [0.29, 0.717) is 12.5 Å². The standard InChI is InChI=1S/C16H18N2O3/c1-18(11-8-13-6-9-17-10-7-13)12-21-15-5-3-2-4-14(15)16(19)20/h2-7,9-10H,8,11-12H2,1H3,(H,19,20). The molecule has 0 aliphatic heterocycles. The molecule has 1 heterocycles. The first-order chi connectivity index (χ1) is 10.2. The second kappa shape index (κ2) is 7.40. The topological polar surface area (TPSA) is 62.7 Å². The Morgan fingerprint density at radius 1 is 1.24 bits per heavy atom. The van der Waals surface area contributed by atoms with Crippen molar-refractivity contribution >= 4 is 5.97 Å². The van der Waals surface area contributed by atoms with E-state index in [1.807, 2.05) is 24.1 Å². The molecule has 5 heteroatoms. The number of para-hydroxylation sites is 1. The first kappa shape index (κ1) is 15.0. The van der Waals surface area contributed by atoms with Crippen LogP contribution >= 0.6 is 0 Å². The quantitative estimate of drug-likeness (QED) is 0.791. The molecule has 110 valence electrons. The summed E-state index contributed by atoms with van der Waals surface area (Å²) in [6.07, 6.45) is 4.44. The Morgan fingerprint density at radius 2 is 1.95 bits per heavy atom. The van der Waals surface area contributed by atoms with Crippen LogP contribution in [0.5, 0.6) is 5.75 Å². The Labute approximate surface area is 123 Å². The molecule has 2 rings (SSSR count). The van der Waals surface area contributed by atoms with Crippen LogP contribution in [-0.4, -0.2) is 41.3 Å². The first-order valence-corrected chi connectivity index (χ1v) is 6.69. The van der Waals surface area contributed by atoms with E-state index < -0.39 is 5.97 Å². The van der Waals surface area contributed by atoms with Gasteiger partial charge in [-0.25, -0.2) is 4.79 Å². The third-order valence-corrected chi connectivity index (χ3v) is 3.09. The van der Waals surface area contributed by atoms with Gasteiger partial charge in [-0.3, -0.25) is 9.88 Å². The van der Waals surface area contributed by atoms with Gasteiger partial charge in [0, 0.05) is 18.9 Å². The number of rotatable bonds is 7. The fraction of sp³-hybridized carbons (Fsp3) is 0.250. The van der Waals surface area contributed by atoms with Gasteiger partial charge >= 0.3 is 5.97 Å². The van der Waals surface area contributed by atoms with Gasteiger partial charge in [0.05, 0.1) is 0 Å². The van der Waals surface area contributed by atoms with Gasteiger partial charge in [-0.15, -0.1) is 0 Å². The highest BCUT2D eigenvalue weighted by Gasteiger charge is 2.10. The van der Waals surface area contributed by atoms with E-state index in [-0.39, 0.29) is 5.56 Å². The van der Waals surface area contributed by atoms with Gasteiger partial charge in [-0.05, 0) is 43.3 Å². The highest BCUT2D eigenvalue weighted by Crippen LogP contribution is 2.17. The van der Waals surface area contributed by atoms with Gasteiger partial charge in [0.15, 0.2) is 0 Å². The van der Waals surface area contributed by atoms with E-state index in [0.717, 1.165) is 13.0 Å². The van der Waals surface area contributed by atoms with E-state index in [1.54, 1.807) is 30.6 Å². The Morgan fingerprint density at radius 3 is 2.67 bits per heavy atom. The van der Waals surface area contributed by atoms with Crippen molar-refractivity contribution in [2.75, 3.05) is 20.3 Å². The van der Waals surface area contributed by atoms with Gasteiger partial charge in [0.1, 0.15) is 18.0 Å². The molecular formula is C16H18N2O3. The SMILES string of the molecule is CN(CCc1ccncc1)COc1ccccc1C(=O)O. The summed E-state index contributed by atoms with van der Waals surface area (Å²) in [6, 6.07) is 10.6. The summed E-state index contributed by atoms with van der Waals surface area (Å²) in [5.41, 5.74) is 1.39. The zero-order valence-corrected chi connectivity index (χ0v) is 11.9. The van der Waals surface area contributed by atoms with Crippen LogP contribution in [-0.2, 0) is 6.42 Å². The number of aromatic carboxylic acids is 1. The van der Waals surface area contributed by atoms with Crippen molar-refractivity contribution in [3.63, 3.8) is 0 Å². The normalized spacial score (nSPS) is 10.6. The first-order valence-electron chi connectivity index (χ1n) is 6.69. The van der Waals surface area contributed by atoms with E-state index in [1.165, 1.54) is 11.6 Å². The Balaban J connectivity index is 1.84. The molecule has 0 fully saturated rings. The number of nitrogens with zero attached hydrogens (tertiary/aromatic N) is 2. The number of ether oxygens (including phenoxy) is 1. The van der Waals surface area contributed by atoms with Crippen LogP contribution < -0.4 is 4.74 Å². The van der Waals surface area contributed by atoms with Crippen LogP contribution in [0.25, 0.3) is 0 Å². The molecule has 0 aliphatic carbocycles. The zero-order chi connectivity index (χ0) is 15.1. The van der Waals surface area contributed by atoms with Crippen LogP contribution in [0.1, 0.15) is 15.9 Å². The third kappa shape index (κ3) is 4.57. The molecule has 1 aromatic carbocycles. The lowest BCUT2D eigenvalue weighted by molar-refractivity contribution is 0.0687. The third-order valence-electron chi connectivity index (χ3n) is 3.09. The summed E-state index contributed by atoms with van der Waals surface area (Å²) in [7, 11) is 1.94. The second-order valence-corrected chi connectivity index (χ2v) is 4.76. The van der Waals surface area contributed by atoms with Crippen LogP contribution in [0.4, 0.5) is 0 Å². The number of hydrogen-bond acceptors (Lipinski definition) is 4. The molecule has 0 radical (unpaired) electrons. The van der Waals surface area contributed by atoms with E-state index >= 15 is 0 Å². The van der Waals surface area contributed by atoms with Crippen LogP contribution in [0.3, 0.4) is 0 Å². The van der Waals surface area contributed by atoms with Gasteiger partial charge in [-0.1, -0.05) is 12.1 Å². The van der Waals surface area contributed by atoms with Crippen molar-refractivity contribution in [1.29, 1.82) is 0 Å². The van der Waals surface area contributed by atoms with E-state index in [4.69, 9.17) is 9.84 Å². The molecule has 0 saturated carbocycles. The molecule has 0 spiro atoms. The number of hydrogen-bond donors (Lipinski definition) is 1. The number of carboxylic acid groups (broad SMARTS) is 1. The molecule has 0 aliphatic rings. The summed E-state index contributed by atoms with van der Waals surface area (Å²) in [6.45, 7) is 1.16. The second-order valence-electron chi connectivity index (χ2n) is 4.76. The van der Waals surface area contributed by atoms with Crippen molar-refractivity contribution in [3.05, 3.63) is 59.9 Å². The highest BCUT2D eigenvalue weighted by atomic mass is 16.5. The molecular weight excluding hydrogens is 268 g/mol. The molecule has 0 amide bonds. The minimum absolute atomic E-state index is 0.181. The van der Waals surface area contributed by atoms with Crippen molar-refractivity contribution in [2.45, 2.75) is 6.42 Å². The maximum atomic E-state index is 11.1. The number of likely N-dealkylation sites (N-methyl/N-ethyl adjacent to an activating group) is 1. The van der Waals surface area contributed by atoms with Crippen molar-refractivity contribution in [2.24, 2.45) is 0 Å². The summed E-state index contributed by atoms with van der Waals surface area (Å²) >= 11 is 0. The maximum Gasteiger partial charge on any atom is 0.339 e. The van der Waals surface area contributed by atoms with E-state index in [9.17, 15) is 4.79 Å². The summed E-state index contributed by atoms with van der Waals surface area (Å²) in [5.74, 6) is -0.592. The number of pyridine rings is 1. The number of carboxylic acids is 1. The van der Waals surface area contributed by atoms with Crippen molar-refractivity contribution < 1.29 is 14.6 Å². The van der Waals surface area contributed by atoms with Gasteiger partial charge in [0.2, 0.25) is 0 Å². The minimum Gasteiger partial charge on any atom is -0.478 e. The van der Waals surface area contributed by atoms with Crippen molar-refractivity contribution in [1.82, 2.24) is 9.88 Å². The largest absolute Gasteiger partial charge is 0.478 e. The predicted molar refractivity (Wildman–Crippen MR) is 79.5 cm³/mol. The average molecular weight is 286 g/mol. The van der Waals surface area contributed by atoms with Gasteiger partial charge in [0.25, 0.3) is 0 Å². The van der Waals surface area contributed by atoms with Crippen LogP contribution in [0.15, 0.2) is 48.8 Å². The predicted octanol–water partition coefficient (Wildman–Crippen LogP) is 2.29. The fourth-order valence-corrected chi connectivity index (χ4v) is 1.88. The molecule has 2 aromatic rings. The maximum absolute atomic E-state index is 11.1. The molecule has 0 unspecified atom stereocenters. The summed E-state index contributed by atoms with van der Waals surface area (Å²) < 4.78 is 5.58. The van der Waals surface area contributed by atoms with Gasteiger partial charge < -0.3 is 9.84 Å². The smallest absolute Gasteiger partial charge is 0.339 e. The summed E-state index contributed by atoms with van der Waals surface area (Å²) in [4.78, 5) is 17.1. The molecule has 1 aromatic heterocycles. The minimum atomic E-state index is -0.981. The molecule has 5 nitrogen and oxygen atoms in total. The molecule has 0 saturated heterocycles. The lowest BCUT2D eigenvalue weighted by atomic mass is 10.2. The molecule has 21 heavy (non-hydrogen) atoms. The van der Waals surface area contributed by atoms with Crippen LogP contribution in [0.2, 0.25) is 0 Å². The number of aromatic nitrogens is 1. The van der Waals surface area contributed by atoms with Crippen LogP contribution in [0, 0.1) is 0 Å². The molecule has 0 atom stereocenters. The average Bonchev–Trinajstić information content (AvgIpc) is 2.52. The lowest BCUT2D eigenvalue weighted by Gasteiger charge is -2.18. The number of carbonyl (C=O) groups is 1. The fourth-order valence-electron chi connectivity index (χ4n) is 1.88. The Hall–Kier alpha value is -2.40. The van der Waals surface area contributed by atoms with Crippen molar-refractivity contribution in [3.8, 4) is 5.75 Å². The highest BCUT2D eigenvalue weighted by molar-refractivity contribution is 5.90. The number of benzene rings is 1. The zero-order valence-electron chi connectivity index (χ0n) is 11.9. The Kier molecular flexibility index (Phi) is 5.29. The molecule has 0 bridgehead atoms. The lowest BCUT2D eigenvalue weighted by Crippen LogP contribution is -2.26.